The van der Waals surface area contributed by atoms with Gasteiger partial charge in [-0.15, -0.1) is 0 Å². The van der Waals surface area contributed by atoms with Crippen molar-refractivity contribution in [3.8, 4) is 0 Å². The third-order valence-corrected chi connectivity index (χ3v) is 12.6. The zero-order chi connectivity index (χ0) is 18.2. The molecule has 0 saturated heterocycles. The summed E-state index contributed by atoms with van der Waals surface area (Å²) in [7, 11) is -8.87. The summed E-state index contributed by atoms with van der Waals surface area (Å²) in [4.78, 5) is 0. The minimum atomic E-state index is -3.62. The molecule has 1 rings (SSSR count). The van der Waals surface area contributed by atoms with Crippen LogP contribution in [0.1, 0.15) is 40.0 Å². The van der Waals surface area contributed by atoms with E-state index in [4.69, 9.17) is 8.61 Å². The highest BCUT2D eigenvalue weighted by Gasteiger charge is 2.54. The molecule has 6 nitrogen and oxygen atoms in total. The maximum Gasteiger partial charge on any atom is 0.264 e. The van der Waals surface area contributed by atoms with Crippen LogP contribution in [0.25, 0.3) is 0 Å². The predicted octanol–water partition coefficient (Wildman–Crippen LogP) is 2.32. The lowest BCUT2D eigenvalue weighted by Crippen LogP contribution is -2.41. The van der Waals surface area contributed by atoms with Gasteiger partial charge in [0.25, 0.3) is 10.1 Å². The number of sulfone groups is 1. The van der Waals surface area contributed by atoms with Crippen LogP contribution in [-0.4, -0.2) is 55.1 Å². The topological polar surface area (TPSA) is 86.7 Å². The molecule has 0 N–H and O–H groups in total. The van der Waals surface area contributed by atoms with Gasteiger partial charge in [-0.05, 0) is 37.4 Å². The molecule has 9 heteroatoms. The molecule has 0 aliphatic heterocycles. The Kier molecular flexibility index (Phi) is 6.18. The molecule has 0 atom stereocenters. The van der Waals surface area contributed by atoms with Crippen LogP contribution < -0.4 is 0 Å². The van der Waals surface area contributed by atoms with Crippen molar-refractivity contribution in [1.29, 1.82) is 0 Å². The smallest absolute Gasteiger partial charge is 0.264 e. The van der Waals surface area contributed by atoms with Crippen LogP contribution in [0.15, 0.2) is 0 Å². The van der Waals surface area contributed by atoms with Gasteiger partial charge < -0.3 is 4.43 Å². The standard InChI is InChI=1S/C14H30O6S2Si/c1-13(2,3)23(5,6)20-10-7-11-22(17,18)14(8-9-14)12-19-21(4,15)16/h7-12H2,1-6H3. The van der Waals surface area contributed by atoms with Gasteiger partial charge in [0, 0.05) is 6.61 Å². The molecule has 0 amide bonds. The van der Waals surface area contributed by atoms with Crippen LogP contribution in [0.4, 0.5) is 0 Å². The molecule has 1 saturated carbocycles. The Labute approximate surface area is 142 Å². The highest BCUT2D eigenvalue weighted by atomic mass is 32.2. The molecule has 0 heterocycles. The summed E-state index contributed by atoms with van der Waals surface area (Å²) in [5.74, 6) is 0.00868. The Morgan fingerprint density at radius 2 is 1.61 bits per heavy atom. The molecule has 0 spiro atoms. The van der Waals surface area contributed by atoms with Gasteiger partial charge in [0.2, 0.25) is 0 Å². The largest absolute Gasteiger partial charge is 0.417 e. The maximum atomic E-state index is 12.4. The summed E-state index contributed by atoms with van der Waals surface area (Å²) in [6.07, 6.45) is 2.29. The molecule has 1 fully saturated rings. The first-order valence-corrected chi connectivity index (χ1v) is 14.2. The maximum absolute atomic E-state index is 12.4. The Bertz CT molecular complexity index is 612. The molecule has 0 unspecified atom stereocenters. The van der Waals surface area contributed by atoms with Crippen LogP contribution in [0.5, 0.6) is 0 Å². The predicted molar refractivity (Wildman–Crippen MR) is 94.3 cm³/mol. The van der Waals surface area contributed by atoms with Crippen LogP contribution in [0, 0.1) is 0 Å². The highest BCUT2D eigenvalue weighted by Crippen LogP contribution is 2.45. The van der Waals surface area contributed by atoms with E-state index >= 15 is 0 Å². The number of rotatable bonds is 9. The Hall–Kier alpha value is 0.0369. The second-order valence-corrected chi connectivity index (χ2v) is 16.9. The summed E-state index contributed by atoms with van der Waals surface area (Å²) in [6, 6.07) is 0. The normalized spacial score (nSPS) is 18.9. The van der Waals surface area contributed by atoms with Crippen molar-refractivity contribution in [2.24, 2.45) is 0 Å². The Morgan fingerprint density at radius 3 is 2.00 bits per heavy atom. The van der Waals surface area contributed by atoms with Gasteiger partial charge >= 0.3 is 0 Å². The van der Waals surface area contributed by atoms with Gasteiger partial charge in [0.15, 0.2) is 18.2 Å². The molecule has 0 radical (unpaired) electrons. The lowest BCUT2D eigenvalue weighted by atomic mass is 10.2. The van der Waals surface area contributed by atoms with Crippen molar-refractivity contribution in [1.82, 2.24) is 0 Å². The van der Waals surface area contributed by atoms with Gasteiger partial charge in [0.05, 0.1) is 23.4 Å². The quantitative estimate of drug-likeness (QED) is 0.343. The second-order valence-electron chi connectivity index (χ2n) is 7.93. The van der Waals surface area contributed by atoms with Crippen molar-refractivity contribution in [3.05, 3.63) is 0 Å². The van der Waals surface area contributed by atoms with Gasteiger partial charge in [-0.25, -0.2) is 8.42 Å². The van der Waals surface area contributed by atoms with E-state index in [0.29, 0.717) is 25.9 Å². The number of hydrogen-bond acceptors (Lipinski definition) is 6. The average molecular weight is 387 g/mol. The first-order chi connectivity index (χ1) is 10.1. The van der Waals surface area contributed by atoms with Crippen molar-refractivity contribution in [2.45, 2.75) is 62.9 Å². The molecular weight excluding hydrogens is 356 g/mol. The van der Waals surface area contributed by atoms with E-state index in [1.165, 1.54) is 0 Å². The minimum Gasteiger partial charge on any atom is -0.417 e. The van der Waals surface area contributed by atoms with E-state index in [9.17, 15) is 16.8 Å². The molecule has 0 bridgehead atoms. The van der Waals surface area contributed by atoms with Gasteiger partial charge in [-0.2, -0.15) is 8.42 Å². The van der Waals surface area contributed by atoms with Crippen molar-refractivity contribution in [3.63, 3.8) is 0 Å². The second kappa shape index (κ2) is 6.74. The number of hydrogen-bond donors (Lipinski definition) is 0. The summed E-state index contributed by atoms with van der Waals surface area (Å²) in [6.45, 7) is 10.8. The van der Waals surface area contributed by atoms with E-state index in [-0.39, 0.29) is 17.4 Å². The molecule has 138 valence electrons. The fourth-order valence-corrected chi connectivity index (χ4v) is 5.40. The molecule has 23 heavy (non-hydrogen) atoms. The average Bonchev–Trinajstić information content (AvgIpc) is 3.11. The van der Waals surface area contributed by atoms with E-state index < -0.39 is 33.0 Å². The first-order valence-electron chi connectivity index (χ1n) is 7.83. The molecule has 1 aliphatic rings. The third-order valence-electron chi connectivity index (χ3n) is 4.83. The van der Waals surface area contributed by atoms with Crippen LogP contribution >= 0.6 is 0 Å². The van der Waals surface area contributed by atoms with E-state index in [0.717, 1.165) is 6.26 Å². The molecule has 1 aliphatic carbocycles. The van der Waals surface area contributed by atoms with Crippen molar-refractivity contribution >= 4 is 28.3 Å². The fourth-order valence-electron chi connectivity index (χ4n) is 1.91. The van der Waals surface area contributed by atoms with E-state index in [1.54, 1.807) is 0 Å². The monoisotopic (exact) mass is 386 g/mol. The lowest BCUT2D eigenvalue weighted by Gasteiger charge is -2.36. The highest BCUT2D eigenvalue weighted by molar-refractivity contribution is 7.93. The first kappa shape index (κ1) is 21.1. The van der Waals surface area contributed by atoms with E-state index in [1.807, 2.05) is 0 Å². The lowest BCUT2D eigenvalue weighted by molar-refractivity contribution is 0.287. The molecule has 0 aromatic rings. The minimum absolute atomic E-state index is 0.00868. The zero-order valence-corrected chi connectivity index (χ0v) is 17.6. The summed E-state index contributed by atoms with van der Waals surface area (Å²) in [5.41, 5.74) is 0. The summed E-state index contributed by atoms with van der Waals surface area (Å²) >= 11 is 0. The van der Waals surface area contributed by atoms with Gasteiger partial charge in [0.1, 0.15) is 0 Å². The van der Waals surface area contributed by atoms with E-state index in [2.05, 4.69) is 33.9 Å². The molecule has 0 aromatic carbocycles. The van der Waals surface area contributed by atoms with Gasteiger partial charge in [-0.1, -0.05) is 20.8 Å². The Balaban J connectivity index is 2.51. The van der Waals surface area contributed by atoms with Crippen molar-refractivity contribution in [2.75, 3.05) is 25.2 Å². The zero-order valence-electron chi connectivity index (χ0n) is 15.0. The van der Waals surface area contributed by atoms with Crippen molar-refractivity contribution < 1.29 is 25.4 Å². The summed E-state index contributed by atoms with van der Waals surface area (Å²) < 4.78 is 56.7. The fraction of sp³-hybridized carbons (Fsp3) is 1.00. The SMILES string of the molecule is CC(C)(C)[Si](C)(C)OCCCS(=O)(=O)C1(COS(C)(=O)=O)CC1. The van der Waals surface area contributed by atoms with Crippen LogP contribution in [0.3, 0.4) is 0 Å². The Morgan fingerprint density at radius 1 is 1.09 bits per heavy atom. The van der Waals surface area contributed by atoms with Gasteiger partial charge in [-0.3, -0.25) is 4.18 Å². The van der Waals surface area contributed by atoms with Crippen LogP contribution in [-0.2, 0) is 28.6 Å². The third kappa shape index (κ3) is 5.81. The molecule has 0 aromatic heterocycles. The van der Waals surface area contributed by atoms with Crippen LogP contribution in [0.2, 0.25) is 18.1 Å². The molecular formula is C14H30O6S2Si. The summed E-state index contributed by atoms with van der Waals surface area (Å²) in [5, 5.41) is 0.0902.